The van der Waals surface area contributed by atoms with Gasteiger partial charge in [0, 0.05) is 44.5 Å². The van der Waals surface area contributed by atoms with Gasteiger partial charge in [0.2, 0.25) is 11.9 Å². The molecule has 0 bridgehead atoms. The second kappa shape index (κ2) is 10.0. The molecule has 11 nitrogen and oxygen atoms in total. The van der Waals surface area contributed by atoms with E-state index in [2.05, 4.69) is 15.3 Å². The third-order valence-electron chi connectivity index (χ3n) is 5.79. The van der Waals surface area contributed by atoms with Crippen molar-refractivity contribution in [2.45, 2.75) is 38.6 Å². The third kappa shape index (κ3) is 4.99. The number of carbonyl (C=O) groups excluding carboxylic acids is 1. The SMILES string of the molecule is Cc1ccc(OCCCC(=O)NO)cc1Nc1ncc2c(n1)n(C1CCOCC1)c(=O)n2C. The molecule has 176 valence electrons. The molecule has 11 heteroatoms. The van der Waals surface area contributed by atoms with Crippen LogP contribution in [-0.2, 0) is 16.6 Å². The second-order valence-corrected chi connectivity index (χ2v) is 8.05. The Kier molecular flexibility index (Phi) is 6.90. The average Bonchev–Trinajstić information content (AvgIpc) is 3.08. The predicted octanol–water partition coefficient (Wildman–Crippen LogP) is 2.20. The van der Waals surface area contributed by atoms with Crippen LogP contribution in [0.25, 0.3) is 11.2 Å². The first-order valence-electron chi connectivity index (χ1n) is 10.9. The minimum Gasteiger partial charge on any atom is -0.494 e. The number of fused-ring (bicyclic) bond motifs is 1. The van der Waals surface area contributed by atoms with E-state index in [1.54, 1.807) is 27.9 Å². The Hall–Kier alpha value is -3.44. The second-order valence-electron chi connectivity index (χ2n) is 8.05. The maximum atomic E-state index is 12.9. The molecule has 2 aromatic heterocycles. The van der Waals surface area contributed by atoms with Crippen molar-refractivity contribution >= 4 is 28.7 Å². The van der Waals surface area contributed by atoms with Gasteiger partial charge in [-0.2, -0.15) is 4.98 Å². The van der Waals surface area contributed by atoms with Gasteiger partial charge in [-0.05, 0) is 37.8 Å². The smallest absolute Gasteiger partial charge is 0.330 e. The molecule has 1 amide bonds. The maximum absolute atomic E-state index is 12.9. The molecular formula is C22H28N6O5. The van der Waals surface area contributed by atoms with Crippen molar-refractivity contribution in [2.24, 2.45) is 7.05 Å². The van der Waals surface area contributed by atoms with Crippen molar-refractivity contribution in [2.75, 3.05) is 25.1 Å². The molecule has 0 atom stereocenters. The van der Waals surface area contributed by atoms with Gasteiger partial charge in [-0.15, -0.1) is 0 Å². The van der Waals surface area contributed by atoms with Crippen LogP contribution in [0.5, 0.6) is 5.75 Å². The molecule has 0 spiro atoms. The average molecular weight is 457 g/mol. The summed E-state index contributed by atoms with van der Waals surface area (Å²) in [6.45, 7) is 3.54. The van der Waals surface area contributed by atoms with E-state index in [1.807, 2.05) is 25.1 Å². The van der Waals surface area contributed by atoms with Gasteiger partial charge in [-0.25, -0.2) is 15.3 Å². The van der Waals surface area contributed by atoms with Gasteiger partial charge in [-0.1, -0.05) is 6.07 Å². The highest BCUT2D eigenvalue weighted by molar-refractivity contribution is 5.74. The molecular weight excluding hydrogens is 428 g/mol. The first kappa shape index (κ1) is 22.7. The van der Waals surface area contributed by atoms with Crippen LogP contribution in [0, 0.1) is 6.92 Å². The van der Waals surface area contributed by atoms with Crippen LogP contribution in [0.1, 0.15) is 37.3 Å². The number of ether oxygens (including phenoxy) is 2. The Labute approximate surface area is 190 Å². The van der Waals surface area contributed by atoms with Crippen LogP contribution in [0.4, 0.5) is 11.6 Å². The van der Waals surface area contributed by atoms with Gasteiger partial charge in [0.05, 0.1) is 12.8 Å². The first-order chi connectivity index (χ1) is 16.0. The van der Waals surface area contributed by atoms with Crippen LogP contribution < -0.4 is 21.2 Å². The molecule has 1 aromatic carbocycles. The van der Waals surface area contributed by atoms with Gasteiger partial charge in [0.15, 0.2) is 5.65 Å². The Morgan fingerprint density at radius 1 is 1.33 bits per heavy atom. The van der Waals surface area contributed by atoms with Crippen LogP contribution in [0.2, 0.25) is 0 Å². The number of aryl methyl sites for hydroxylation is 2. The number of anilines is 2. The summed E-state index contributed by atoms with van der Waals surface area (Å²) < 4.78 is 14.5. The Balaban J connectivity index is 1.55. The number of nitrogens with one attached hydrogen (secondary N) is 2. The molecule has 1 saturated heterocycles. The minimum atomic E-state index is -0.447. The largest absolute Gasteiger partial charge is 0.494 e. The van der Waals surface area contributed by atoms with E-state index in [0.29, 0.717) is 49.1 Å². The molecule has 3 aromatic rings. The number of rotatable bonds is 8. The van der Waals surface area contributed by atoms with Crippen molar-refractivity contribution in [3.05, 3.63) is 40.4 Å². The lowest BCUT2D eigenvalue weighted by Crippen LogP contribution is -2.30. The van der Waals surface area contributed by atoms with Crippen LogP contribution in [0.3, 0.4) is 0 Å². The Morgan fingerprint density at radius 3 is 2.88 bits per heavy atom. The van der Waals surface area contributed by atoms with Gasteiger partial charge < -0.3 is 14.8 Å². The van der Waals surface area contributed by atoms with E-state index < -0.39 is 5.91 Å². The van der Waals surface area contributed by atoms with E-state index in [0.717, 1.165) is 24.1 Å². The molecule has 3 heterocycles. The summed E-state index contributed by atoms with van der Waals surface area (Å²) in [6.07, 6.45) is 3.84. The van der Waals surface area contributed by atoms with Crippen molar-refractivity contribution in [3.63, 3.8) is 0 Å². The number of nitrogens with zero attached hydrogens (tertiary/aromatic N) is 4. The van der Waals surface area contributed by atoms with Crippen molar-refractivity contribution < 1.29 is 19.5 Å². The van der Waals surface area contributed by atoms with E-state index in [-0.39, 0.29) is 18.2 Å². The van der Waals surface area contributed by atoms with Crippen LogP contribution >= 0.6 is 0 Å². The van der Waals surface area contributed by atoms with Crippen molar-refractivity contribution in [3.8, 4) is 5.75 Å². The molecule has 0 unspecified atom stereocenters. The van der Waals surface area contributed by atoms with E-state index in [4.69, 9.17) is 14.7 Å². The Morgan fingerprint density at radius 2 is 2.12 bits per heavy atom. The lowest BCUT2D eigenvalue weighted by atomic mass is 10.1. The zero-order valence-corrected chi connectivity index (χ0v) is 18.7. The number of hydroxylamine groups is 1. The molecule has 1 aliphatic rings. The standard InChI is InChI=1S/C22H28N6O5/c1-14-5-6-16(33-9-3-4-19(29)26-31)12-17(14)24-21-23-13-18-20(25-21)28(22(30)27(18)2)15-7-10-32-11-8-15/h5-6,12-13,15,31H,3-4,7-11H2,1-2H3,(H,26,29)(H,23,24,25). The zero-order valence-electron chi connectivity index (χ0n) is 18.7. The summed E-state index contributed by atoms with van der Waals surface area (Å²) in [5, 5.41) is 11.8. The maximum Gasteiger partial charge on any atom is 0.330 e. The highest BCUT2D eigenvalue weighted by Gasteiger charge is 2.23. The number of carbonyl (C=O) groups is 1. The fraction of sp³-hybridized carbons (Fsp3) is 0.455. The summed E-state index contributed by atoms with van der Waals surface area (Å²) in [5.41, 5.74) is 4.52. The minimum absolute atomic E-state index is 0.0454. The van der Waals surface area contributed by atoms with E-state index in [9.17, 15) is 9.59 Å². The van der Waals surface area contributed by atoms with Gasteiger partial charge >= 0.3 is 5.69 Å². The zero-order chi connectivity index (χ0) is 23.4. The summed E-state index contributed by atoms with van der Waals surface area (Å²) in [4.78, 5) is 33.1. The summed E-state index contributed by atoms with van der Waals surface area (Å²) >= 11 is 0. The molecule has 33 heavy (non-hydrogen) atoms. The lowest BCUT2D eigenvalue weighted by Gasteiger charge is -2.22. The third-order valence-corrected chi connectivity index (χ3v) is 5.79. The van der Waals surface area contributed by atoms with Crippen molar-refractivity contribution in [1.82, 2.24) is 24.6 Å². The molecule has 3 N–H and O–H groups in total. The summed E-state index contributed by atoms with van der Waals surface area (Å²) in [6, 6.07) is 5.64. The topological polar surface area (TPSA) is 133 Å². The monoisotopic (exact) mass is 456 g/mol. The quantitative estimate of drug-likeness (QED) is 0.267. The predicted molar refractivity (Wildman–Crippen MR) is 121 cm³/mol. The lowest BCUT2D eigenvalue weighted by molar-refractivity contribution is -0.129. The molecule has 1 aliphatic heterocycles. The number of amides is 1. The van der Waals surface area contributed by atoms with Crippen molar-refractivity contribution in [1.29, 1.82) is 0 Å². The highest BCUT2D eigenvalue weighted by Crippen LogP contribution is 2.27. The molecule has 0 radical (unpaired) electrons. The fourth-order valence-electron chi connectivity index (χ4n) is 3.89. The van der Waals surface area contributed by atoms with Gasteiger partial charge in [-0.3, -0.25) is 19.1 Å². The normalized spacial score (nSPS) is 14.4. The number of hydrogen-bond acceptors (Lipinski definition) is 8. The number of imidazole rings is 1. The molecule has 0 aliphatic carbocycles. The fourth-order valence-corrected chi connectivity index (χ4v) is 3.89. The highest BCUT2D eigenvalue weighted by atomic mass is 16.5. The van der Waals surface area contributed by atoms with E-state index >= 15 is 0 Å². The molecule has 0 saturated carbocycles. The van der Waals surface area contributed by atoms with Crippen LogP contribution in [0.15, 0.2) is 29.2 Å². The molecule has 1 fully saturated rings. The number of benzene rings is 1. The van der Waals surface area contributed by atoms with Gasteiger partial charge in [0.25, 0.3) is 0 Å². The first-order valence-corrected chi connectivity index (χ1v) is 10.9. The number of hydrogen-bond donors (Lipinski definition) is 3. The summed E-state index contributed by atoms with van der Waals surface area (Å²) in [5.74, 6) is 0.568. The number of aromatic nitrogens is 4. The molecule has 4 rings (SSSR count). The Bertz CT molecular complexity index is 1200. The summed E-state index contributed by atoms with van der Waals surface area (Å²) in [7, 11) is 1.73. The van der Waals surface area contributed by atoms with Gasteiger partial charge in [0.1, 0.15) is 11.3 Å². The van der Waals surface area contributed by atoms with Crippen LogP contribution in [-0.4, -0.2) is 50.0 Å². The van der Waals surface area contributed by atoms with E-state index in [1.165, 1.54) is 0 Å².